The lowest BCUT2D eigenvalue weighted by Gasteiger charge is -2.44. The van der Waals surface area contributed by atoms with Gasteiger partial charge in [-0.15, -0.1) is 0 Å². The Labute approximate surface area is 181 Å². The molecule has 0 radical (unpaired) electrons. The summed E-state index contributed by atoms with van der Waals surface area (Å²) in [6.45, 7) is 4.23. The molecule has 164 valence electrons. The molecule has 1 aromatic carbocycles. The van der Waals surface area contributed by atoms with E-state index < -0.39 is 17.4 Å². The molecule has 2 amide bonds. The summed E-state index contributed by atoms with van der Waals surface area (Å²) in [5, 5.41) is 3.15. The highest BCUT2D eigenvalue weighted by molar-refractivity contribution is 6.06. The third-order valence-corrected chi connectivity index (χ3v) is 6.34. The van der Waals surface area contributed by atoms with E-state index in [1.807, 2.05) is 31.2 Å². The number of nitrogens with one attached hydrogen (secondary N) is 1. The highest BCUT2D eigenvalue weighted by Gasteiger charge is 2.49. The quantitative estimate of drug-likeness (QED) is 0.744. The maximum absolute atomic E-state index is 13.6. The van der Waals surface area contributed by atoms with Crippen LogP contribution in [0.2, 0.25) is 0 Å². The fourth-order valence-corrected chi connectivity index (χ4v) is 4.59. The normalized spacial score (nSPS) is 21.1. The maximum Gasteiger partial charge on any atom is 0.359 e. The van der Waals surface area contributed by atoms with E-state index in [0.29, 0.717) is 0 Å². The van der Waals surface area contributed by atoms with Crippen LogP contribution in [0.4, 0.5) is 0 Å². The van der Waals surface area contributed by atoms with Gasteiger partial charge in [0.15, 0.2) is 5.69 Å². The molecule has 31 heavy (non-hydrogen) atoms. The molecule has 0 saturated heterocycles. The van der Waals surface area contributed by atoms with Gasteiger partial charge in [-0.2, -0.15) is 0 Å². The van der Waals surface area contributed by atoms with Crippen LogP contribution in [-0.2, 0) is 22.6 Å². The van der Waals surface area contributed by atoms with Gasteiger partial charge < -0.3 is 19.5 Å². The minimum absolute atomic E-state index is 0.0278. The molecule has 2 aromatic rings. The molecule has 8 heteroatoms. The van der Waals surface area contributed by atoms with E-state index >= 15 is 0 Å². The monoisotopic (exact) mass is 424 g/mol. The van der Waals surface area contributed by atoms with Gasteiger partial charge in [-0.05, 0) is 32.3 Å². The lowest BCUT2D eigenvalue weighted by molar-refractivity contribution is -0.134. The number of carbonyl (C=O) groups is 3. The Hall–Kier alpha value is -3.16. The van der Waals surface area contributed by atoms with Crippen molar-refractivity contribution >= 4 is 17.8 Å². The smallest absolute Gasteiger partial charge is 0.359 e. The Bertz CT molecular complexity index is 1020. The van der Waals surface area contributed by atoms with Crippen molar-refractivity contribution in [1.29, 1.82) is 0 Å². The average Bonchev–Trinajstić information content (AvgIpc) is 3.40. The molecule has 1 aromatic heterocycles. The third kappa shape index (κ3) is 3.82. The first-order valence-corrected chi connectivity index (χ1v) is 10.7. The van der Waals surface area contributed by atoms with Gasteiger partial charge in [0.2, 0.25) is 5.91 Å². The van der Waals surface area contributed by atoms with Crippen LogP contribution in [0.25, 0.3) is 0 Å². The Morgan fingerprint density at radius 2 is 2.03 bits per heavy atom. The lowest BCUT2D eigenvalue weighted by atomic mass is 9.92. The number of hydrogen-bond acceptors (Lipinski definition) is 5. The molecule has 1 saturated carbocycles. The standard InChI is InChI=1S/C23H28N4O4/c1-15-7-6-8-16(11-15)12-27-20(28)19-18(21(29)31-3)24-14-26(19)13-23(27,2)22(30)25-17-9-4-5-10-17/h6-8,11,14,17H,4-5,9-10,12-13H2,1-3H3,(H,25,30). The first kappa shape index (κ1) is 21.1. The molecule has 1 N–H and O–H groups in total. The van der Waals surface area contributed by atoms with Crippen LogP contribution < -0.4 is 5.32 Å². The minimum atomic E-state index is -1.12. The maximum atomic E-state index is 13.6. The zero-order valence-corrected chi connectivity index (χ0v) is 18.2. The van der Waals surface area contributed by atoms with E-state index in [0.717, 1.165) is 36.8 Å². The fourth-order valence-electron chi connectivity index (χ4n) is 4.59. The molecule has 1 atom stereocenters. The van der Waals surface area contributed by atoms with Crippen LogP contribution in [0.3, 0.4) is 0 Å². The van der Waals surface area contributed by atoms with E-state index in [9.17, 15) is 14.4 Å². The average molecular weight is 425 g/mol. The molecule has 0 spiro atoms. The Kier molecular flexibility index (Phi) is 5.56. The first-order chi connectivity index (χ1) is 14.8. The second kappa shape index (κ2) is 8.17. The number of rotatable bonds is 5. The number of carbonyl (C=O) groups excluding carboxylic acids is 3. The van der Waals surface area contributed by atoms with Crippen molar-refractivity contribution in [1.82, 2.24) is 19.8 Å². The van der Waals surface area contributed by atoms with E-state index in [-0.39, 0.29) is 36.4 Å². The number of hydrogen-bond donors (Lipinski definition) is 1. The number of methoxy groups -OCH3 is 1. The summed E-state index contributed by atoms with van der Waals surface area (Å²) in [7, 11) is 1.26. The molecular weight excluding hydrogens is 396 g/mol. The Morgan fingerprint density at radius 1 is 1.29 bits per heavy atom. The van der Waals surface area contributed by atoms with Crippen LogP contribution in [0.5, 0.6) is 0 Å². The van der Waals surface area contributed by atoms with Gasteiger partial charge in [-0.3, -0.25) is 9.59 Å². The minimum Gasteiger partial charge on any atom is -0.464 e. The van der Waals surface area contributed by atoms with Gasteiger partial charge in [0.25, 0.3) is 5.91 Å². The number of aryl methyl sites for hydroxylation is 1. The van der Waals surface area contributed by atoms with E-state index in [2.05, 4.69) is 10.3 Å². The van der Waals surface area contributed by atoms with Crippen LogP contribution in [0.15, 0.2) is 30.6 Å². The number of amides is 2. The molecule has 2 aliphatic rings. The van der Waals surface area contributed by atoms with Crippen molar-refractivity contribution in [2.75, 3.05) is 7.11 Å². The molecular formula is C23H28N4O4. The second-order valence-corrected chi connectivity index (χ2v) is 8.67. The highest BCUT2D eigenvalue weighted by Crippen LogP contribution is 2.31. The summed E-state index contributed by atoms with van der Waals surface area (Å²) < 4.78 is 6.39. The van der Waals surface area contributed by atoms with Crippen molar-refractivity contribution < 1.29 is 19.1 Å². The van der Waals surface area contributed by atoms with E-state index in [1.54, 1.807) is 16.4 Å². The topological polar surface area (TPSA) is 93.5 Å². The number of benzene rings is 1. The Morgan fingerprint density at radius 3 is 2.71 bits per heavy atom. The van der Waals surface area contributed by atoms with Gasteiger partial charge in [0.1, 0.15) is 11.2 Å². The summed E-state index contributed by atoms with van der Waals surface area (Å²) in [5.41, 5.74) is 0.996. The Balaban J connectivity index is 1.73. The molecule has 1 unspecified atom stereocenters. The highest BCUT2D eigenvalue weighted by atomic mass is 16.5. The summed E-state index contributed by atoms with van der Waals surface area (Å²) in [5.74, 6) is -1.26. The number of aromatic nitrogens is 2. The zero-order valence-electron chi connectivity index (χ0n) is 18.2. The molecule has 4 rings (SSSR count). The second-order valence-electron chi connectivity index (χ2n) is 8.67. The van der Waals surface area contributed by atoms with Crippen LogP contribution in [0.1, 0.15) is 64.7 Å². The predicted molar refractivity (Wildman–Crippen MR) is 113 cm³/mol. The SMILES string of the molecule is COC(=O)c1ncn2c1C(=O)N(Cc1cccc(C)c1)C(C)(C(=O)NC1CCCC1)C2. The van der Waals surface area contributed by atoms with Crippen LogP contribution in [0, 0.1) is 6.92 Å². The molecule has 2 heterocycles. The van der Waals surface area contributed by atoms with Crippen molar-refractivity contribution in [2.45, 2.75) is 64.2 Å². The van der Waals surface area contributed by atoms with Crippen molar-refractivity contribution in [3.05, 3.63) is 53.1 Å². The lowest BCUT2D eigenvalue weighted by Crippen LogP contribution is -2.64. The van der Waals surface area contributed by atoms with Gasteiger partial charge in [-0.25, -0.2) is 9.78 Å². The van der Waals surface area contributed by atoms with E-state index in [4.69, 9.17) is 4.74 Å². The van der Waals surface area contributed by atoms with Gasteiger partial charge >= 0.3 is 5.97 Å². The number of fused-ring (bicyclic) bond motifs is 1. The number of imidazole rings is 1. The van der Waals surface area contributed by atoms with Gasteiger partial charge in [0, 0.05) is 12.6 Å². The largest absolute Gasteiger partial charge is 0.464 e. The van der Waals surface area contributed by atoms with Gasteiger partial charge in [0.05, 0.1) is 20.0 Å². The molecule has 1 aliphatic heterocycles. The summed E-state index contributed by atoms with van der Waals surface area (Å²) in [6, 6.07) is 7.98. The molecule has 0 bridgehead atoms. The summed E-state index contributed by atoms with van der Waals surface area (Å²) in [6.07, 6.45) is 5.54. The fraction of sp³-hybridized carbons (Fsp3) is 0.478. The van der Waals surface area contributed by atoms with Crippen LogP contribution >= 0.6 is 0 Å². The predicted octanol–water partition coefficient (Wildman–Crippen LogP) is 2.45. The summed E-state index contributed by atoms with van der Waals surface area (Å²) in [4.78, 5) is 45.0. The first-order valence-electron chi connectivity index (χ1n) is 10.7. The van der Waals surface area contributed by atoms with Crippen molar-refractivity contribution in [3.8, 4) is 0 Å². The number of esters is 1. The molecule has 1 aliphatic carbocycles. The van der Waals surface area contributed by atoms with Gasteiger partial charge in [-0.1, -0.05) is 42.7 Å². The third-order valence-electron chi connectivity index (χ3n) is 6.34. The molecule has 8 nitrogen and oxygen atoms in total. The van der Waals surface area contributed by atoms with Crippen LogP contribution in [-0.4, -0.2) is 50.9 Å². The number of nitrogens with zero attached hydrogens (tertiary/aromatic N) is 3. The van der Waals surface area contributed by atoms with Crippen molar-refractivity contribution in [3.63, 3.8) is 0 Å². The zero-order chi connectivity index (χ0) is 22.2. The summed E-state index contributed by atoms with van der Waals surface area (Å²) >= 11 is 0. The number of ether oxygens (including phenoxy) is 1. The van der Waals surface area contributed by atoms with Crippen molar-refractivity contribution in [2.24, 2.45) is 0 Å². The molecule has 1 fully saturated rings. The van der Waals surface area contributed by atoms with E-state index in [1.165, 1.54) is 13.4 Å².